The molecule has 1 saturated heterocycles. The van der Waals surface area contributed by atoms with Crippen molar-refractivity contribution in [3.8, 4) is 11.5 Å². The number of ether oxygens (including phenoxy) is 2. The molecule has 0 spiro atoms. The molecule has 1 aliphatic rings. The van der Waals surface area contributed by atoms with Crippen molar-refractivity contribution in [2.24, 2.45) is 0 Å². The lowest BCUT2D eigenvalue weighted by Gasteiger charge is -2.22. The minimum Gasteiger partial charge on any atom is -0.453 e. The SMILES string of the molecule is CC1C[C@@H](OCc2ccccc2)CN1C(=O)Nc1ccc(Oc2ccnc3[nH]ccc23)c(F)c1. The molecule has 2 amide bonds. The van der Waals surface area contributed by atoms with E-state index in [1.54, 1.807) is 29.4 Å². The molecule has 0 saturated carbocycles. The molecule has 7 nitrogen and oxygen atoms in total. The smallest absolute Gasteiger partial charge is 0.322 e. The van der Waals surface area contributed by atoms with Gasteiger partial charge in [-0.2, -0.15) is 0 Å². The van der Waals surface area contributed by atoms with Gasteiger partial charge < -0.3 is 24.7 Å². The van der Waals surface area contributed by atoms with Crippen LogP contribution in [-0.4, -0.2) is 39.6 Å². The van der Waals surface area contributed by atoms with E-state index in [2.05, 4.69) is 15.3 Å². The number of anilines is 1. The summed E-state index contributed by atoms with van der Waals surface area (Å²) < 4.78 is 26.5. The van der Waals surface area contributed by atoms with Crippen LogP contribution in [0.3, 0.4) is 0 Å². The van der Waals surface area contributed by atoms with Crippen LogP contribution in [0.25, 0.3) is 11.0 Å². The summed E-state index contributed by atoms with van der Waals surface area (Å²) in [6, 6.07) is 17.6. The maximum atomic E-state index is 14.8. The van der Waals surface area contributed by atoms with Crippen molar-refractivity contribution in [2.75, 3.05) is 11.9 Å². The number of aromatic nitrogens is 2. The predicted octanol–water partition coefficient (Wildman–Crippen LogP) is 5.71. The molecular weight excluding hydrogens is 435 g/mol. The van der Waals surface area contributed by atoms with E-state index in [-0.39, 0.29) is 23.9 Å². The van der Waals surface area contributed by atoms with E-state index in [9.17, 15) is 9.18 Å². The molecule has 2 aromatic carbocycles. The van der Waals surface area contributed by atoms with Crippen LogP contribution in [0.15, 0.2) is 73.1 Å². The Bertz CT molecular complexity index is 1290. The molecule has 0 radical (unpaired) electrons. The zero-order valence-electron chi connectivity index (χ0n) is 18.7. The number of carbonyl (C=O) groups is 1. The Morgan fingerprint density at radius 1 is 1.18 bits per heavy atom. The molecule has 8 heteroatoms. The molecule has 1 fully saturated rings. The van der Waals surface area contributed by atoms with Gasteiger partial charge in [0.15, 0.2) is 11.6 Å². The summed E-state index contributed by atoms with van der Waals surface area (Å²) in [6.07, 6.45) is 4.05. The average Bonchev–Trinajstić information content (AvgIpc) is 3.47. The molecule has 2 N–H and O–H groups in total. The quantitative estimate of drug-likeness (QED) is 0.387. The molecule has 4 aromatic rings. The fourth-order valence-electron chi connectivity index (χ4n) is 4.17. The number of fused-ring (bicyclic) bond motifs is 1. The summed E-state index contributed by atoms with van der Waals surface area (Å²) >= 11 is 0. The van der Waals surface area contributed by atoms with Gasteiger partial charge in [-0.25, -0.2) is 14.2 Å². The first-order valence-corrected chi connectivity index (χ1v) is 11.2. The van der Waals surface area contributed by atoms with E-state index >= 15 is 0 Å². The van der Waals surface area contributed by atoms with Gasteiger partial charge in [-0.05, 0) is 43.2 Å². The summed E-state index contributed by atoms with van der Waals surface area (Å²) in [5, 5.41) is 3.54. The molecule has 5 rings (SSSR count). The molecule has 3 heterocycles. The molecule has 0 aliphatic carbocycles. The van der Waals surface area contributed by atoms with Crippen LogP contribution in [-0.2, 0) is 11.3 Å². The fourth-order valence-corrected chi connectivity index (χ4v) is 4.17. The number of H-pyrrole nitrogens is 1. The minimum atomic E-state index is -0.572. The topological polar surface area (TPSA) is 79.5 Å². The third-order valence-corrected chi connectivity index (χ3v) is 5.95. The van der Waals surface area contributed by atoms with Gasteiger partial charge in [-0.3, -0.25) is 0 Å². The number of urea groups is 1. The zero-order valence-corrected chi connectivity index (χ0v) is 18.7. The van der Waals surface area contributed by atoms with Gasteiger partial charge >= 0.3 is 6.03 Å². The second-order valence-electron chi connectivity index (χ2n) is 8.38. The second kappa shape index (κ2) is 9.52. The van der Waals surface area contributed by atoms with E-state index in [1.807, 2.05) is 43.3 Å². The van der Waals surface area contributed by atoms with Crippen molar-refractivity contribution in [2.45, 2.75) is 32.1 Å². The predicted molar refractivity (Wildman–Crippen MR) is 127 cm³/mol. The molecule has 2 atom stereocenters. The van der Waals surface area contributed by atoms with Crippen LogP contribution in [0.2, 0.25) is 0 Å². The van der Waals surface area contributed by atoms with E-state index in [1.165, 1.54) is 12.1 Å². The van der Waals surface area contributed by atoms with Crippen LogP contribution >= 0.6 is 0 Å². The van der Waals surface area contributed by atoms with Gasteiger partial charge in [-0.1, -0.05) is 30.3 Å². The van der Waals surface area contributed by atoms with Gasteiger partial charge in [0.25, 0.3) is 0 Å². The number of rotatable bonds is 6. The number of nitrogens with zero attached hydrogens (tertiary/aromatic N) is 2. The Hall–Kier alpha value is -3.91. The van der Waals surface area contributed by atoms with E-state index in [4.69, 9.17) is 9.47 Å². The number of pyridine rings is 1. The first-order chi connectivity index (χ1) is 16.6. The Labute approximate surface area is 196 Å². The van der Waals surface area contributed by atoms with Gasteiger partial charge in [0.1, 0.15) is 11.4 Å². The third kappa shape index (κ3) is 4.72. The van der Waals surface area contributed by atoms with Crippen LogP contribution in [0.4, 0.5) is 14.9 Å². The van der Waals surface area contributed by atoms with Crippen LogP contribution in [0.5, 0.6) is 11.5 Å². The lowest BCUT2D eigenvalue weighted by Crippen LogP contribution is -2.38. The van der Waals surface area contributed by atoms with Gasteiger partial charge in [0.2, 0.25) is 0 Å². The highest BCUT2D eigenvalue weighted by atomic mass is 19.1. The maximum absolute atomic E-state index is 14.8. The number of amides is 2. The lowest BCUT2D eigenvalue weighted by atomic mass is 10.2. The van der Waals surface area contributed by atoms with Crippen molar-refractivity contribution < 1.29 is 18.7 Å². The van der Waals surface area contributed by atoms with Gasteiger partial charge in [0.05, 0.1) is 18.1 Å². The number of halogens is 1. The van der Waals surface area contributed by atoms with Crippen LogP contribution in [0.1, 0.15) is 18.9 Å². The fraction of sp³-hybridized carbons (Fsp3) is 0.231. The highest BCUT2D eigenvalue weighted by Crippen LogP contribution is 2.31. The first-order valence-electron chi connectivity index (χ1n) is 11.2. The Balaban J connectivity index is 1.20. The van der Waals surface area contributed by atoms with Crippen LogP contribution < -0.4 is 10.1 Å². The Morgan fingerprint density at radius 2 is 2.03 bits per heavy atom. The molecule has 0 bridgehead atoms. The van der Waals surface area contributed by atoms with E-state index in [0.717, 1.165) is 17.4 Å². The molecule has 1 unspecified atom stereocenters. The monoisotopic (exact) mass is 460 g/mol. The Morgan fingerprint density at radius 3 is 2.85 bits per heavy atom. The highest BCUT2D eigenvalue weighted by molar-refractivity contribution is 5.90. The summed E-state index contributed by atoms with van der Waals surface area (Å²) in [5.41, 5.74) is 2.12. The summed E-state index contributed by atoms with van der Waals surface area (Å²) in [5.74, 6) is -0.0122. The number of hydrogen-bond donors (Lipinski definition) is 2. The zero-order chi connectivity index (χ0) is 23.5. The maximum Gasteiger partial charge on any atom is 0.322 e. The summed E-state index contributed by atoms with van der Waals surface area (Å²) in [4.78, 5) is 21.8. The number of benzene rings is 2. The standard InChI is InChI=1S/C26H25FN4O3/c1-17-13-20(33-16-18-5-3-2-4-6-18)15-31(17)26(32)30-19-7-8-24(22(27)14-19)34-23-10-12-29-25-21(23)9-11-28-25/h2-12,14,17,20H,13,15-16H2,1H3,(H,28,29)(H,30,32)/t17?,20-/m1/s1. The van der Waals surface area contributed by atoms with E-state index < -0.39 is 5.82 Å². The van der Waals surface area contributed by atoms with Crippen molar-refractivity contribution in [1.29, 1.82) is 0 Å². The lowest BCUT2D eigenvalue weighted by molar-refractivity contribution is 0.0488. The number of aromatic amines is 1. The molecule has 2 aromatic heterocycles. The highest BCUT2D eigenvalue weighted by Gasteiger charge is 2.33. The van der Waals surface area contributed by atoms with Gasteiger partial charge in [-0.15, -0.1) is 0 Å². The number of nitrogens with one attached hydrogen (secondary N) is 2. The molecule has 174 valence electrons. The summed E-state index contributed by atoms with van der Waals surface area (Å²) in [7, 11) is 0. The number of hydrogen-bond acceptors (Lipinski definition) is 4. The molecule has 1 aliphatic heterocycles. The van der Waals surface area contributed by atoms with Gasteiger partial charge in [0, 0.05) is 36.7 Å². The summed E-state index contributed by atoms with van der Waals surface area (Å²) in [6.45, 7) is 2.98. The first kappa shape index (κ1) is 21.9. The normalized spacial score (nSPS) is 17.8. The minimum absolute atomic E-state index is 0.0173. The van der Waals surface area contributed by atoms with Crippen molar-refractivity contribution in [3.63, 3.8) is 0 Å². The third-order valence-electron chi connectivity index (χ3n) is 5.95. The van der Waals surface area contributed by atoms with Crippen LogP contribution in [0, 0.1) is 5.82 Å². The average molecular weight is 461 g/mol. The molecule has 34 heavy (non-hydrogen) atoms. The van der Waals surface area contributed by atoms with Crippen molar-refractivity contribution in [3.05, 3.63) is 84.4 Å². The number of likely N-dealkylation sites (tertiary alicyclic amines) is 1. The Kier molecular flexibility index (Phi) is 6.14. The van der Waals surface area contributed by atoms with E-state index in [0.29, 0.717) is 30.2 Å². The largest absolute Gasteiger partial charge is 0.453 e. The van der Waals surface area contributed by atoms with Crippen molar-refractivity contribution in [1.82, 2.24) is 14.9 Å². The molecular formula is C26H25FN4O3. The van der Waals surface area contributed by atoms with Crippen molar-refractivity contribution >= 4 is 22.8 Å². The number of carbonyl (C=O) groups excluding carboxylic acids is 1. The second-order valence-corrected chi connectivity index (χ2v) is 8.38.